The quantitative estimate of drug-likeness (QED) is 0.565. The van der Waals surface area contributed by atoms with E-state index in [0.29, 0.717) is 13.2 Å². The van der Waals surface area contributed by atoms with Gasteiger partial charge in [0, 0.05) is 26.0 Å². The summed E-state index contributed by atoms with van der Waals surface area (Å²) in [7, 11) is 1.65. The lowest BCUT2D eigenvalue weighted by Crippen LogP contribution is -2.28. The fourth-order valence-corrected chi connectivity index (χ4v) is 1.32. The second-order valence-electron chi connectivity index (χ2n) is 3.59. The van der Waals surface area contributed by atoms with Gasteiger partial charge in [0.1, 0.15) is 6.42 Å². The van der Waals surface area contributed by atoms with Gasteiger partial charge in [0.15, 0.2) is 0 Å². The molecule has 1 rings (SSSR count). The Balaban J connectivity index is 2.45. The van der Waals surface area contributed by atoms with Gasteiger partial charge >= 0.3 is 5.97 Å². The van der Waals surface area contributed by atoms with Crippen LogP contribution < -0.4 is 0 Å². The average Bonchev–Trinajstić information content (AvgIpc) is 2.30. The van der Waals surface area contributed by atoms with E-state index in [2.05, 4.69) is 4.98 Å². The SMILES string of the molecule is CCOC(=O)CC(=O)N(C)Cc1ccncc1. The Kier molecular flexibility index (Phi) is 5.13. The van der Waals surface area contributed by atoms with Crippen LogP contribution in [0.3, 0.4) is 0 Å². The molecule has 0 aliphatic carbocycles. The van der Waals surface area contributed by atoms with E-state index in [4.69, 9.17) is 4.74 Å². The standard InChI is InChI=1S/C12H16N2O3/c1-3-17-12(16)8-11(15)14(2)9-10-4-6-13-7-5-10/h4-7H,3,8-9H2,1-2H3. The van der Waals surface area contributed by atoms with Crippen LogP contribution in [0.2, 0.25) is 0 Å². The number of carbonyl (C=O) groups excluding carboxylic acids is 2. The largest absolute Gasteiger partial charge is 0.466 e. The van der Waals surface area contributed by atoms with Gasteiger partial charge in [0.25, 0.3) is 0 Å². The number of esters is 1. The smallest absolute Gasteiger partial charge is 0.315 e. The molecule has 0 N–H and O–H groups in total. The third-order valence-corrected chi connectivity index (χ3v) is 2.20. The van der Waals surface area contributed by atoms with E-state index in [1.54, 1.807) is 26.4 Å². The number of pyridine rings is 1. The lowest BCUT2D eigenvalue weighted by atomic mass is 10.2. The molecular formula is C12H16N2O3. The maximum Gasteiger partial charge on any atom is 0.315 e. The van der Waals surface area contributed by atoms with Gasteiger partial charge in [-0.15, -0.1) is 0 Å². The van der Waals surface area contributed by atoms with Crippen LogP contribution in [0.1, 0.15) is 18.9 Å². The highest BCUT2D eigenvalue weighted by Crippen LogP contribution is 2.03. The van der Waals surface area contributed by atoms with Gasteiger partial charge in [-0.2, -0.15) is 0 Å². The zero-order chi connectivity index (χ0) is 12.7. The number of amides is 1. The number of nitrogens with zero attached hydrogens (tertiary/aromatic N) is 2. The Labute approximate surface area is 100 Å². The Bertz CT molecular complexity index is 379. The molecule has 92 valence electrons. The first-order valence-electron chi connectivity index (χ1n) is 5.42. The second-order valence-corrected chi connectivity index (χ2v) is 3.59. The molecule has 0 aliphatic heterocycles. The molecule has 5 nitrogen and oxygen atoms in total. The molecule has 0 atom stereocenters. The fraction of sp³-hybridized carbons (Fsp3) is 0.417. The van der Waals surface area contributed by atoms with Crippen LogP contribution in [-0.4, -0.2) is 35.4 Å². The Hall–Kier alpha value is -1.91. The van der Waals surface area contributed by atoms with Crippen LogP contribution in [0.5, 0.6) is 0 Å². The van der Waals surface area contributed by atoms with Gasteiger partial charge in [-0.05, 0) is 24.6 Å². The Morgan fingerprint density at radius 1 is 1.35 bits per heavy atom. The molecule has 1 aromatic heterocycles. The summed E-state index contributed by atoms with van der Waals surface area (Å²) in [5.74, 6) is -0.737. The van der Waals surface area contributed by atoms with Gasteiger partial charge in [-0.1, -0.05) is 0 Å². The molecule has 0 saturated carbocycles. The zero-order valence-electron chi connectivity index (χ0n) is 10.0. The second kappa shape index (κ2) is 6.62. The van der Waals surface area contributed by atoms with Crippen molar-refractivity contribution in [2.75, 3.05) is 13.7 Å². The van der Waals surface area contributed by atoms with Gasteiger partial charge in [-0.25, -0.2) is 0 Å². The molecule has 0 bridgehead atoms. The van der Waals surface area contributed by atoms with Crippen molar-refractivity contribution in [3.8, 4) is 0 Å². The predicted octanol–water partition coefficient (Wildman–Crippen LogP) is 0.993. The van der Waals surface area contributed by atoms with E-state index in [0.717, 1.165) is 5.56 Å². The number of ether oxygens (including phenoxy) is 1. The highest BCUT2D eigenvalue weighted by Gasteiger charge is 2.14. The number of hydrogen-bond acceptors (Lipinski definition) is 4. The minimum atomic E-state index is -0.487. The van der Waals surface area contributed by atoms with Crippen LogP contribution in [-0.2, 0) is 20.9 Å². The van der Waals surface area contributed by atoms with Gasteiger partial charge < -0.3 is 9.64 Å². The van der Waals surface area contributed by atoms with Crippen molar-refractivity contribution in [2.45, 2.75) is 19.9 Å². The van der Waals surface area contributed by atoms with Crippen molar-refractivity contribution in [3.05, 3.63) is 30.1 Å². The third kappa shape index (κ3) is 4.63. The van der Waals surface area contributed by atoms with Gasteiger partial charge in [0.05, 0.1) is 6.61 Å². The minimum Gasteiger partial charge on any atom is -0.466 e. The molecule has 1 amide bonds. The molecule has 0 aromatic carbocycles. The number of hydrogen-bond donors (Lipinski definition) is 0. The van der Waals surface area contributed by atoms with Crippen molar-refractivity contribution in [1.29, 1.82) is 0 Å². The average molecular weight is 236 g/mol. The first kappa shape index (κ1) is 13.2. The number of carbonyl (C=O) groups is 2. The first-order valence-corrected chi connectivity index (χ1v) is 5.42. The molecule has 0 saturated heterocycles. The molecular weight excluding hydrogens is 220 g/mol. The summed E-state index contributed by atoms with van der Waals surface area (Å²) in [6.45, 7) is 2.46. The van der Waals surface area contributed by atoms with Crippen LogP contribution >= 0.6 is 0 Å². The number of rotatable bonds is 5. The molecule has 17 heavy (non-hydrogen) atoms. The van der Waals surface area contributed by atoms with Gasteiger partial charge in [0.2, 0.25) is 5.91 Å². The predicted molar refractivity (Wildman–Crippen MR) is 62.0 cm³/mol. The Morgan fingerprint density at radius 3 is 2.59 bits per heavy atom. The summed E-state index contributed by atoms with van der Waals surface area (Å²) in [6.07, 6.45) is 3.12. The van der Waals surface area contributed by atoms with E-state index in [-0.39, 0.29) is 12.3 Å². The fourth-order valence-electron chi connectivity index (χ4n) is 1.32. The van der Waals surface area contributed by atoms with Crippen molar-refractivity contribution >= 4 is 11.9 Å². The van der Waals surface area contributed by atoms with Crippen LogP contribution in [0, 0.1) is 0 Å². The summed E-state index contributed by atoms with van der Waals surface area (Å²) >= 11 is 0. The van der Waals surface area contributed by atoms with E-state index in [9.17, 15) is 9.59 Å². The van der Waals surface area contributed by atoms with E-state index in [1.807, 2.05) is 12.1 Å². The highest BCUT2D eigenvalue weighted by atomic mass is 16.5. The summed E-state index contributed by atoms with van der Waals surface area (Å²) in [5, 5.41) is 0. The monoisotopic (exact) mass is 236 g/mol. The lowest BCUT2D eigenvalue weighted by Gasteiger charge is -2.16. The zero-order valence-corrected chi connectivity index (χ0v) is 10.0. The van der Waals surface area contributed by atoms with E-state index < -0.39 is 5.97 Å². The highest BCUT2D eigenvalue weighted by molar-refractivity contribution is 5.94. The third-order valence-electron chi connectivity index (χ3n) is 2.20. The maximum absolute atomic E-state index is 11.6. The van der Waals surface area contributed by atoms with Crippen molar-refractivity contribution in [1.82, 2.24) is 9.88 Å². The van der Waals surface area contributed by atoms with Gasteiger partial charge in [-0.3, -0.25) is 14.6 Å². The minimum absolute atomic E-state index is 0.213. The topological polar surface area (TPSA) is 59.5 Å². The van der Waals surface area contributed by atoms with Crippen LogP contribution in [0.15, 0.2) is 24.5 Å². The molecule has 1 heterocycles. The lowest BCUT2D eigenvalue weighted by molar-refractivity contribution is -0.148. The molecule has 0 radical (unpaired) electrons. The Morgan fingerprint density at radius 2 is 2.00 bits per heavy atom. The van der Waals surface area contributed by atoms with Crippen molar-refractivity contribution in [3.63, 3.8) is 0 Å². The summed E-state index contributed by atoms with van der Waals surface area (Å²) in [4.78, 5) is 28.2. The summed E-state index contributed by atoms with van der Waals surface area (Å²) in [6, 6.07) is 3.66. The van der Waals surface area contributed by atoms with Crippen molar-refractivity contribution in [2.24, 2.45) is 0 Å². The first-order chi connectivity index (χ1) is 8.13. The molecule has 0 fully saturated rings. The van der Waals surface area contributed by atoms with Crippen LogP contribution in [0.4, 0.5) is 0 Å². The molecule has 5 heteroatoms. The molecule has 0 aliphatic rings. The van der Waals surface area contributed by atoms with E-state index >= 15 is 0 Å². The molecule has 1 aromatic rings. The van der Waals surface area contributed by atoms with Crippen LogP contribution in [0.25, 0.3) is 0 Å². The normalized spacial score (nSPS) is 9.76. The summed E-state index contributed by atoms with van der Waals surface area (Å²) < 4.78 is 4.72. The number of aromatic nitrogens is 1. The van der Waals surface area contributed by atoms with E-state index in [1.165, 1.54) is 4.90 Å². The van der Waals surface area contributed by atoms with Crippen molar-refractivity contribution < 1.29 is 14.3 Å². The molecule has 0 spiro atoms. The summed E-state index contributed by atoms with van der Waals surface area (Å²) in [5.41, 5.74) is 0.972. The maximum atomic E-state index is 11.6. The molecule has 0 unspecified atom stereocenters.